The number of nitriles is 1. The van der Waals surface area contributed by atoms with E-state index in [4.69, 9.17) is 0 Å². The van der Waals surface area contributed by atoms with Crippen LogP contribution < -0.4 is 10.9 Å². The second-order valence-electron chi connectivity index (χ2n) is 7.52. The summed E-state index contributed by atoms with van der Waals surface area (Å²) in [7, 11) is 1.36. The van der Waals surface area contributed by atoms with E-state index in [0.29, 0.717) is 23.7 Å². The number of pyridine rings is 1. The van der Waals surface area contributed by atoms with Gasteiger partial charge < -0.3 is 10.4 Å². The molecule has 31 heavy (non-hydrogen) atoms. The zero-order valence-electron chi connectivity index (χ0n) is 18.5. The lowest BCUT2D eigenvalue weighted by atomic mass is 9.99. The van der Waals surface area contributed by atoms with Crippen LogP contribution in [0.4, 0.5) is 11.4 Å². The van der Waals surface area contributed by atoms with Gasteiger partial charge in [-0.05, 0) is 43.5 Å². The quantitative estimate of drug-likeness (QED) is 0.571. The van der Waals surface area contributed by atoms with Gasteiger partial charge in [-0.3, -0.25) is 14.2 Å². The van der Waals surface area contributed by atoms with Crippen LogP contribution in [0.25, 0.3) is 0 Å². The zero-order valence-corrected chi connectivity index (χ0v) is 18.5. The van der Waals surface area contributed by atoms with Crippen molar-refractivity contribution in [2.24, 2.45) is 23.2 Å². The number of hydrogen-bond acceptors (Lipinski definition) is 6. The number of benzene rings is 1. The van der Waals surface area contributed by atoms with Gasteiger partial charge in [-0.2, -0.15) is 10.4 Å². The molecule has 0 radical (unpaired) electrons. The van der Waals surface area contributed by atoms with Crippen LogP contribution in [-0.2, 0) is 7.05 Å². The summed E-state index contributed by atoms with van der Waals surface area (Å²) in [5, 5.41) is 30.5. The number of carbonyl (C=O) groups excluding carboxylic acids is 1. The summed E-state index contributed by atoms with van der Waals surface area (Å²) in [4.78, 5) is 24.4. The van der Waals surface area contributed by atoms with E-state index in [1.807, 2.05) is 6.07 Å². The third-order valence-electron chi connectivity index (χ3n) is 5.38. The number of rotatable bonds is 9. The van der Waals surface area contributed by atoms with Gasteiger partial charge in [0.05, 0.1) is 5.69 Å². The van der Waals surface area contributed by atoms with Crippen molar-refractivity contribution >= 4 is 17.3 Å². The Morgan fingerprint density at radius 1 is 1.26 bits per heavy atom. The van der Waals surface area contributed by atoms with Crippen LogP contribution in [0.15, 0.2) is 39.3 Å². The van der Waals surface area contributed by atoms with E-state index in [9.17, 15) is 20.0 Å². The highest BCUT2D eigenvalue weighted by Gasteiger charge is 2.17. The second kappa shape index (κ2) is 11.1. The van der Waals surface area contributed by atoms with E-state index >= 15 is 0 Å². The van der Waals surface area contributed by atoms with Gasteiger partial charge in [0.15, 0.2) is 5.69 Å². The minimum atomic E-state index is -0.591. The predicted octanol–water partition coefficient (Wildman–Crippen LogP) is 4.63. The number of aromatic nitrogens is 1. The Hall–Kier alpha value is -3.47. The molecule has 0 saturated heterocycles. The number of aromatic hydroxyl groups is 1. The van der Waals surface area contributed by atoms with E-state index in [1.54, 1.807) is 24.3 Å². The van der Waals surface area contributed by atoms with Crippen molar-refractivity contribution in [3.8, 4) is 11.9 Å². The second-order valence-corrected chi connectivity index (χ2v) is 7.52. The Labute approximate surface area is 182 Å². The van der Waals surface area contributed by atoms with Gasteiger partial charge in [0.25, 0.3) is 11.5 Å². The standard InChI is InChI=1S/C23H29N5O3/c1-5-7-8-16(6-2)14-25-21(29)17-9-11-18(12-10-17)26-27-20-15(3)19(13-24)22(30)28(4)23(20)31/h9-12,16,31H,5-8,14H2,1-4H3,(H,25,29)/b27-26+. The van der Waals surface area contributed by atoms with Gasteiger partial charge in [0.2, 0.25) is 5.88 Å². The predicted molar refractivity (Wildman–Crippen MR) is 119 cm³/mol. The molecule has 2 rings (SSSR count). The van der Waals surface area contributed by atoms with Crippen molar-refractivity contribution in [1.29, 1.82) is 5.26 Å². The Morgan fingerprint density at radius 3 is 2.52 bits per heavy atom. The van der Waals surface area contributed by atoms with Crippen molar-refractivity contribution in [1.82, 2.24) is 9.88 Å². The smallest absolute Gasteiger partial charge is 0.271 e. The number of hydrogen-bond donors (Lipinski definition) is 2. The highest BCUT2D eigenvalue weighted by Crippen LogP contribution is 2.31. The molecule has 0 aliphatic rings. The first-order chi connectivity index (χ1) is 14.8. The van der Waals surface area contributed by atoms with Crippen molar-refractivity contribution in [2.45, 2.75) is 46.5 Å². The fourth-order valence-electron chi connectivity index (χ4n) is 3.19. The number of unbranched alkanes of at least 4 members (excludes halogenated alkanes) is 1. The normalized spacial score (nSPS) is 12.0. The minimum absolute atomic E-state index is 0.0538. The molecule has 1 aromatic heterocycles. The molecule has 0 saturated carbocycles. The third kappa shape index (κ3) is 5.79. The maximum atomic E-state index is 12.4. The number of nitrogens with zero attached hydrogens (tertiary/aromatic N) is 4. The summed E-state index contributed by atoms with van der Waals surface area (Å²) < 4.78 is 0.956. The van der Waals surface area contributed by atoms with Crippen LogP contribution in [0.2, 0.25) is 0 Å². The Kier molecular flexibility index (Phi) is 8.50. The van der Waals surface area contributed by atoms with Crippen LogP contribution in [0, 0.1) is 24.2 Å². The first-order valence-electron chi connectivity index (χ1n) is 10.5. The molecular weight excluding hydrogens is 394 g/mol. The molecule has 164 valence electrons. The molecule has 1 atom stereocenters. The summed E-state index contributed by atoms with van der Waals surface area (Å²) in [6, 6.07) is 8.44. The van der Waals surface area contributed by atoms with Crippen molar-refractivity contribution in [3.63, 3.8) is 0 Å². The number of carbonyl (C=O) groups is 1. The minimum Gasteiger partial charge on any atom is -0.493 e. The van der Waals surface area contributed by atoms with E-state index in [1.165, 1.54) is 14.0 Å². The summed E-state index contributed by atoms with van der Waals surface area (Å²) in [5.41, 5.74) is 0.626. The molecule has 0 aliphatic heterocycles. The number of amides is 1. The number of azo groups is 1. The molecule has 1 heterocycles. The lowest BCUT2D eigenvalue weighted by Gasteiger charge is -2.15. The van der Waals surface area contributed by atoms with Crippen LogP contribution in [-0.4, -0.2) is 22.1 Å². The van der Waals surface area contributed by atoms with Gasteiger partial charge in [-0.15, -0.1) is 5.11 Å². The summed E-state index contributed by atoms with van der Waals surface area (Å²) >= 11 is 0. The van der Waals surface area contributed by atoms with Crippen molar-refractivity contribution in [2.75, 3.05) is 6.54 Å². The average molecular weight is 424 g/mol. The van der Waals surface area contributed by atoms with E-state index < -0.39 is 5.56 Å². The Morgan fingerprint density at radius 2 is 1.94 bits per heavy atom. The van der Waals surface area contributed by atoms with Crippen LogP contribution in [0.1, 0.15) is 61.0 Å². The Balaban J connectivity index is 2.12. The summed E-state index contributed by atoms with van der Waals surface area (Å²) in [5.74, 6) is -0.0218. The van der Waals surface area contributed by atoms with Crippen LogP contribution >= 0.6 is 0 Å². The maximum absolute atomic E-state index is 12.4. The molecule has 0 bridgehead atoms. The fourth-order valence-corrected chi connectivity index (χ4v) is 3.19. The fraction of sp³-hybridized carbons (Fsp3) is 0.435. The first-order valence-corrected chi connectivity index (χ1v) is 10.5. The third-order valence-corrected chi connectivity index (χ3v) is 5.38. The van der Waals surface area contributed by atoms with Gasteiger partial charge in [-0.25, -0.2) is 0 Å². The molecule has 0 aliphatic carbocycles. The van der Waals surface area contributed by atoms with Gasteiger partial charge in [0.1, 0.15) is 11.6 Å². The molecule has 1 unspecified atom stereocenters. The maximum Gasteiger partial charge on any atom is 0.271 e. The molecule has 1 amide bonds. The molecule has 0 fully saturated rings. The zero-order chi connectivity index (χ0) is 23.0. The van der Waals surface area contributed by atoms with Gasteiger partial charge in [-0.1, -0.05) is 33.1 Å². The number of nitrogens with one attached hydrogen (secondary N) is 1. The SMILES string of the molecule is CCCCC(CC)CNC(=O)c1ccc(/N=N/c2c(C)c(C#N)c(=O)n(C)c2O)cc1. The largest absolute Gasteiger partial charge is 0.493 e. The molecule has 0 spiro atoms. The lowest BCUT2D eigenvalue weighted by molar-refractivity contribution is 0.0946. The topological polar surface area (TPSA) is 120 Å². The molecular formula is C23H29N5O3. The summed E-state index contributed by atoms with van der Waals surface area (Å²) in [6.45, 7) is 6.49. The molecule has 8 heteroatoms. The lowest BCUT2D eigenvalue weighted by Crippen LogP contribution is -2.29. The van der Waals surface area contributed by atoms with Crippen LogP contribution in [0.3, 0.4) is 0 Å². The Bertz CT molecular complexity index is 1050. The molecule has 1 aromatic carbocycles. The molecule has 2 N–H and O–H groups in total. The van der Waals surface area contributed by atoms with Crippen molar-refractivity contribution in [3.05, 3.63) is 51.3 Å². The first kappa shape index (κ1) is 23.8. The highest BCUT2D eigenvalue weighted by molar-refractivity contribution is 5.94. The van der Waals surface area contributed by atoms with Crippen molar-refractivity contribution < 1.29 is 9.90 Å². The van der Waals surface area contributed by atoms with Crippen LogP contribution in [0.5, 0.6) is 5.88 Å². The molecule has 2 aromatic rings. The highest BCUT2D eigenvalue weighted by atomic mass is 16.3. The van der Waals surface area contributed by atoms with E-state index in [0.717, 1.165) is 30.3 Å². The summed E-state index contributed by atoms with van der Waals surface area (Å²) in [6.07, 6.45) is 4.45. The van der Waals surface area contributed by atoms with E-state index in [-0.39, 0.29) is 28.6 Å². The van der Waals surface area contributed by atoms with Gasteiger partial charge in [0, 0.05) is 24.7 Å². The van der Waals surface area contributed by atoms with E-state index in [2.05, 4.69) is 29.4 Å². The average Bonchev–Trinajstić information content (AvgIpc) is 2.78. The monoisotopic (exact) mass is 423 g/mol. The van der Waals surface area contributed by atoms with Gasteiger partial charge >= 0.3 is 0 Å². The molecule has 8 nitrogen and oxygen atoms in total.